The van der Waals surface area contributed by atoms with Gasteiger partial charge in [-0.1, -0.05) is 6.42 Å². The molecular weight excluding hydrogens is 273 g/mol. The number of aliphatic hydroxyl groups is 1. The molecule has 0 aromatic carbocycles. The van der Waals surface area contributed by atoms with Gasteiger partial charge in [-0.15, -0.1) is 0 Å². The summed E-state index contributed by atoms with van der Waals surface area (Å²) in [5, 5.41) is 15.3. The van der Waals surface area contributed by atoms with Crippen LogP contribution in [-0.2, 0) is 4.79 Å². The topological polar surface area (TPSA) is 61.4 Å². The lowest BCUT2D eigenvalue weighted by molar-refractivity contribution is -0.186. The second-order valence-corrected chi connectivity index (χ2v) is 5.83. The Morgan fingerprint density at radius 3 is 2.65 bits per heavy atom. The molecule has 2 aliphatic rings. The van der Waals surface area contributed by atoms with Gasteiger partial charge in [-0.2, -0.15) is 13.2 Å². The van der Waals surface area contributed by atoms with Gasteiger partial charge in [0, 0.05) is 31.5 Å². The maximum atomic E-state index is 12.7. The second kappa shape index (κ2) is 6.30. The van der Waals surface area contributed by atoms with Gasteiger partial charge in [-0.25, -0.2) is 0 Å². The van der Waals surface area contributed by atoms with Crippen LogP contribution in [0.5, 0.6) is 0 Å². The number of halogens is 3. The van der Waals surface area contributed by atoms with E-state index in [0.717, 1.165) is 0 Å². The van der Waals surface area contributed by atoms with E-state index in [9.17, 15) is 23.1 Å². The maximum absolute atomic E-state index is 12.7. The van der Waals surface area contributed by atoms with Crippen LogP contribution in [0.3, 0.4) is 0 Å². The molecule has 1 aliphatic heterocycles. The Kier molecular flexibility index (Phi) is 4.90. The Labute approximate surface area is 116 Å². The third kappa shape index (κ3) is 3.85. The van der Waals surface area contributed by atoms with Crippen LogP contribution >= 0.6 is 0 Å². The quantitative estimate of drug-likeness (QED) is 0.729. The number of alkyl halides is 3. The first-order valence-electron chi connectivity index (χ1n) is 7.11. The van der Waals surface area contributed by atoms with Gasteiger partial charge in [-0.05, 0) is 19.3 Å². The standard InChI is InChI=1S/C13H21F3N2O2/c14-13(15,16)10-3-1-2-8(4-10)12(20)18-6-9-5-17-7-11(9)19/h8-11,17,19H,1-7H2,(H,18,20). The summed E-state index contributed by atoms with van der Waals surface area (Å²) in [5.74, 6) is -2.27. The molecule has 1 heterocycles. The number of hydrogen-bond donors (Lipinski definition) is 3. The minimum absolute atomic E-state index is 0.0547. The molecule has 1 saturated carbocycles. The van der Waals surface area contributed by atoms with Crippen molar-refractivity contribution >= 4 is 5.91 Å². The van der Waals surface area contributed by atoms with Crippen molar-refractivity contribution in [3.8, 4) is 0 Å². The lowest BCUT2D eigenvalue weighted by atomic mass is 9.80. The maximum Gasteiger partial charge on any atom is 0.391 e. The lowest BCUT2D eigenvalue weighted by Gasteiger charge is -2.30. The van der Waals surface area contributed by atoms with Crippen molar-refractivity contribution in [2.75, 3.05) is 19.6 Å². The molecule has 116 valence electrons. The number of rotatable bonds is 3. The van der Waals surface area contributed by atoms with Gasteiger partial charge in [-0.3, -0.25) is 4.79 Å². The van der Waals surface area contributed by atoms with Gasteiger partial charge in [0.1, 0.15) is 0 Å². The van der Waals surface area contributed by atoms with E-state index in [4.69, 9.17) is 0 Å². The van der Waals surface area contributed by atoms with E-state index in [1.165, 1.54) is 0 Å². The predicted octanol–water partition coefficient (Wildman–Crippen LogP) is 1.05. The molecule has 7 heteroatoms. The number of hydrogen-bond acceptors (Lipinski definition) is 3. The highest BCUT2D eigenvalue weighted by Crippen LogP contribution is 2.39. The summed E-state index contributed by atoms with van der Waals surface area (Å²) < 4.78 is 38.1. The van der Waals surface area contributed by atoms with E-state index >= 15 is 0 Å². The summed E-state index contributed by atoms with van der Waals surface area (Å²) in [5.41, 5.74) is 0. The van der Waals surface area contributed by atoms with Gasteiger partial charge in [0.2, 0.25) is 5.91 Å². The van der Waals surface area contributed by atoms with Crippen molar-refractivity contribution in [3.05, 3.63) is 0 Å². The van der Waals surface area contributed by atoms with Crippen LogP contribution < -0.4 is 10.6 Å². The summed E-state index contributed by atoms with van der Waals surface area (Å²) in [7, 11) is 0. The summed E-state index contributed by atoms with van der Waals surface area (Å²) in [4.78, 5) is 12.0. The molecule has 4 atom stereocenters. The fourth-order valence-electron chi connectivity index (χ4n) is 3.03. The first-order chi connectivity index (χ1) is 9.38. The average Bonchev–Trinajstić information content (AvgIpc) is 2.81. The average molecular weight is 294 g/mol. The van der Waals surface area contributed by atoms with Crippen molar-refractivity contribution < 1.29 is 23.1 Å². The van der Waals surface area contributed by atoms with Gasteiger partial charge >= 0.3 is 6.18 Å². The highest BCUT2D eigenvalue weighted by Gasteiger charge is 2.43. The number of nitrogens with one attached hydrogen (secondary N) is 2. The molecule has 0 radical (unpaired) electrons. The summed E-state index contributed by atoms with van der Waals surface area (Å²) in [6.45, 7) is 1.44. The molecular formula is C13H21F3N2O2. The van der Waals surface area contributed by atoms with Crippen LogP contribution in [0.15, 0.2) is 0 Å². The fraction of sp³-hybridized carbons (Fsp3) is 0.923. The third-order valence-corrected chi connectivity index (χ3v) is 4.35. The van der Waals surface area contributed by atoms with E-state index in [2.05, 4.69) is 10.6 Å². The monoisotopic (exact) mass is 294 g/mol. The lowest BCUT2D eigenvalue weighted by Crippen LogP contribution is -2.40. The van der Waals surface area contributed by atoms with Crippen LogP contribution in [0.2, 0.25) is 0 Å². The summed E-state index contributed by atoms with van der Waals surface area (Å²) >= 11 is 0. The first-order valence-corrected chi connectivity index (χ1v) is 7.11. The molecule has 0 spiro atoms. The van der Waals surface area contributed by atoms with Crippen molar-refractivity contribution in [1.82, 2.24) is 10.6 Å². The predicted molar refractivity (Wildman–Crippen MR) is 66.9 cm³/mol. The smallest absolute Gasteiger partial charge is 0.391 e. The number of aliphatic hydroxyl groups excluding tert-OH is 1. The third-order valence-electron chi connectivity index (χ3n) is 4.35. The molecule has 0 bridgehead atoms. The molecule has 1 amide bonds. The van der Waals surface area contributed by atoms with Crippen LogP contribution in [0, 0.1) is 17.8 Å². The molecule has 20 heavy (non-hydrogen) atoms. The molecule has 2 fully saturated rings. The highest BCUT2D eigenvalue weighted by molar-refractivity contribution is 5.78. The molecule has 0 aromatic rings. The highest BCUT2D eigenvalue weighted by atomic mass is 19.4. The van der Waals surface area contributed by atoms with Gasteiger partial charge in [0.25, 0.3) is 0 Å². The van der Waals surface area contributed by atoms with E-state index < -0.39 is 24.1 Å². The Balaban J connectivity index is 1.80. The summed E-state index contributed by atoms with van der Waals surface area (Å²) in [6.07, 6.45) is -3.73. The Hall–Kier alpha value is -0.820. The van der Waals surface area contributed by atoms with E-state index in [-0.39, 0.29) is 24.7 Å². The molecule has 4 nitrogen and oxygen atoms in total. The van der Waals surface area contributed by atoms with Crippen LogP contribution in [0.1, 0.15) is 25.7 Å². The Bertz CT molecular complexity index is 349. The van der Waals surface area contributed by atoms with Gasteiger partial charge in [0.05, 0.1) is 12.0 Å². The number of carbonyl (C=O) groups excluding carboxylic acids is 1. The number of carbonyl (C=O) groups is 1. The largest absolute Gasteiger partial charge is 0.391 e. The molecule has 1 aliphatic carbocycles. The zero-order chi connectivity index (χ0) is 14.8. The van der Waals surface area contributed by atoms with Crippen molar-refractivity contribution in [1.29, 1.82) is 0 Å². The van der Waals surface area contributed by atoms with E-state index in [1.54, 1.807) is 0 Å². The molecule has 1 saturated heterocycles. The Morgan fingerprint density at radius 2 is 2.05 bits per heavy atom. The minimum atomic E-state index is -4.20. The summed E-state index contributed by atoms with van der Waals surface area (Å²) in [6, 6.07) is 0. The molecule has 3 N–H and O–H groups in total. The van der Waals surface area contributed by atoms with Gasteiger partial charge < -0.3 is 15.7 Å². The normalized spacial score (nSPS) is 35.0. The van der Waals surface area contributed by atoms with Crippen LogP contribution in [-0.4, -0.2) is 42.9 Å². The van der Waals surface area contributed by atoms with Crippen molar-refractivity contribution in [2.24, 2.45) is 17.8 Å². The second-order valence-electron chi connectivity index (χ2n) is 5.83. The van der Waals surface area contributed by atoms with Crippen LogP contribution in [0.25, 0.3) is 0 Å². The van der Waals surface area contributed by atoms with Crippen molar-refractivity contribution in [3.63, 3.8) is 0 Å². The minimum Gasteiger partial charge on any atom is -0.391 e. The molecule has 2 rings (SSSR count). The van der Waals surface area contributed by atoms with Crippen LogP contribution in [0.4, 0.5) is 13.2 Å². The van der Waals surface area contributed by atoms with Crippen molar-refractivity contribution in [2.45, 2.75) is 38.0 Å². The van der Waals surface area contributed by atoms with Gasteiger partial charge in [0.15, 0.2) is 0 Å². The number of β-amino-alcohol motifs (C(OH)–C–C–N with tert-alkyl or cyclic N) is 1. The number of amides is 1. The first kappa shape index (κ1) is 15.6. The molecule has 0 aromatic heterocycles. The zero-order valence-corrected chi connectivity index (χ0v) is 11.2. The Morgan fingerprint density at radius 1 is 1.30 bits per heavy atom. The van der Waals surface area contributed by atoms with E-state index in [1.807, 2.05) is 0 Å². The SMILES string of the molecule is O=C(NCC1CNCC1O)C1CCCC(C(F)(F)F)C1. The molecule has 4 unspecified atom stereocenters. The van der Waals surface area contributed by atoms with E-state index in [0.29, 0.717) is 32.5 Å². The zero-order valence-electron chi connectivity index (χ0n) is 11.2. The fourth-order valence-corrected chi connectivity index (χ4v) is 3.03.